The van der Waals surface area contributed by atoms with Crippen molar-refractivity contribution >= 4 is 5.97 Å². The van der Waals surface area contributed by atoms with Crippen LogP contribution in [0.2, 0.25) is 0 Å². The van der Waals surface area contributed by atoms with Gasteiger partial charge in [-0.2, -0.15) is 0 Å². The number of para-hydroxylation sites is 1. The Morgan fingerprint density at radius 1 is 1.03 bits per heavy atom. The summed E-state index contributed by atoms with van der Waals surface area (Å²) >= 11 is 0. The molecule has 0 N–H and O–H groups in total. The van der Waals surface area contributed by atoms with Crippen molar-refractivity contribution in [3.05, 3.63) is 59.7 Å². The maximum atomic E-state index is 12.1. The molecule has 0 aliphatic heterocycles. The fourth-order valence-corrected chi connectivity index (χ4v) is 3.20. The van der Waals surface area contributed by atoms with Crippen LogP contribution in [-0.2, 0) is 22.4 Å². The van der Waals surface area contributed by atoms with Gasteiger partial charge in [0.15, 0.2) is 0 Å². The van der Waals surface area contributed by atoms with E-state index in [0.29, 0.717) is 19.6 Å². The van der Waals surface area contributed by atoms with E-state index in [1.165, 1.54) is 5.56 Å². The first-order valence-electron chi connectivity index (χ1n) is 10.7. The van der Waals surface area contributed by atoms with Crippen LogP contribution in [0.15, 0.2) is 48.5 Å². The van der Waals surface area contributed by atoms with Crippen molar-refractivity contribution in [3.8, 4) is 11.5 Å². The molecule has 2 rings (SSSR count). The number of ether oxygens (including phenoxy) is 3. The molecule has 5 nitrogen and oxygen atoms in total. The SMILES string of the molecule is CCCCC(=O)O[C@H](COc1ccccc1CCc1ccc(OC)cc1)CN(C)C. The molecular weight excluding hydrogens is 378 g/mol. The number of hydrogen-bond acceptors (Lipinski definition) is 5. The molecule has 1 atom stereocenters. The molecule has 0 amide bonds. The van der Waals surface area contributed by atoms with Gasteiger partial charge in [0.2, 0.25) is 0 Å². The predicted octanol–water partition coefficient (Wildman–Crippen LogP) is 4.52. The first-order chi connectivity index (χ1) is 14.5. The highest BCUT2D eigenvalue weighted by Crippen LogP contribution is 2.21. The third-order valence-corrected chi connectivity index (χ3v) is 4.84. The van der Waals surface area contributed by atoms with Crippen LogP contribution >= 0.6 is 0 Å². The molecule has 0 fully saturated rings. The lowest BCUT2D eigenvalue weighted by Crippen LogP contribution is -2.35. The zero-order valence-electron chi connectivity index (χ0n) is 18.7. The fourth-order valence-electron chi connectivity index (χ4n) is 3.20. The minimum atomic E-state index is -0.293. The average Bonchev–Trinajstić information content (AvgIpc) is 2.75. The summed E-state index contributed by atoms with van der Waals surface area (Å²) in [6, 6.07) is 16.2. The van der Waals surface area contributed by atoms with Crippen molar-refractivity contribution in [2.75, 3.05) is 34.4 Å². The van der Waals surface area contributed by atoms with Gasteiger partial charge >= 0.3 is 5.97 Å². The minimum Gasteiger partial charge on any atom is -0.497 e. The van der Waals surface area contributed by atoms with Crippen molar-refractivity contribution in [2.45, 2.75) is 45.1 Å². The fraction of sp³-hybridized carbons (Fsp3) is 0.480. The minimum absolute atomic E-state index is 0.153. The first kappa shape index (κ1) is 23.7. The number of hydrogen-bond donors (Lipinski definition) is 0. The standard InChI is InChI=1S/C25H35NO4/c1-5-6-11-25(27)30-23(18-26(2)3)19-29-24-10-8-7-9-21(24)15-12-20-13-16-22(28-4)17-14-20/h7-10,13-14,16-17,23H,5-6,11-12,15,18-19H2,1-4H3/t23-/m0/s1. The monoisotopic (exact) mass is 413 g/mol. The third kappa shape index (κ3) is 8.46. The maximum absolute atomic E-state index is 12.1. The number of aryl methyl sites for hydroxylation is 2. The highest BCUT2D eigenvalue weighted by molar-refractivity contribution is 5.69. The number of benzene rings is 2. The van der Waals surface area contributed by atoms with E-state index in [1.807, 2.05) is 49.3 Å². The molecule has 0 aliphatic carbocycles. The highest BCUT2D eigenvalue weighted by atomic mass is 16.6. The van der Waals surface area contributed by atoms with Gasteiger partial charge in [0.25, 0.3) is 0 Å². The highest BCUT2D eigenvalue weighted by Gasteiger charge is 2.17. The summed E-state index contributed by atoms with van der Waals surface area (Å²) in [5.74, 6) is 1.56. The number of methoxy groups -OCH3 is 1. The van der Waals surface area contributed by atoms with Crippen molar-refractivity contribution in [3.63, 3.8) is 0 Å². The molecule has 0 spiro atoms. The molecular formula is C25H35NO4. The Hall–Kier alpha value is -2.53. The van der Waals surface area contributed by atoms with Crippen molar-refractivity contribution in [1.29, 1.82) is 0 Å². The Bertz CT molecular complexity index is 758. The van der Waals surface area contributed by atoms with Gasteiger partial charge in [-0.3, -0.25) is 4.79 Å². The second-order valence-corrected chi connectivity index (χ2v) is 7.74. The molecule has 0 aliphatic rings. The van der Waals surface area contributed by atoms with Crippen molar-refractivity contribution < 1.29 is 19.0 Å². The van der Waals surface area contributed by atoms with E-state index >= 15 is 0 Å². The van der Waals surface area contributed by atoms with E-state index in [2.05, 4.69) is 25.1 Å². The van der Waals surface area contributed by atoms with Crippen molar-refractivity contribution in [2.24, 2.45) is 0 Å². The molecule has 0 unspecified atom stereocenters. The maximum Gasteiger partial charge on any atom is 0.306 e. The van der Waals surface area contributed by atoms with Gasteiger partial charge in [-0.25, -0.2) is 0 Å². The van der Waals surface area contributed by atoms with E-state index in [4.69, 9.17) is 14.2 Å². The summed E-state index contributed by atoms with van der Waals surface area (Å²) in [4.78, 5) is 14.1. The molecule has 0 heterocycles. The van der Waals surface area contributed by atoms with E-state index in [1.54, 1.807) is 7.11 Å². The van der Waals surface area contributed by atoms with Gasteiger partial charge in [0.05, 0.1) is 7.11 Å². The second kappa shape index (κ2) is 12.9. The number of carbonyl (C=O) groups is 1. The number of unbranched alkanes of at least 4 members (excludes halogenated alkanes) is 1. The topological polar surface area (TPSA) is 48.0 Å². The predicted molar refractivity (Wildman–Crippen MR) is 120 cm³/mol. The Morgan fingerprint density at radius 3 is 2.43 bits per heavy atom. The average molecular weight is 414 g/mol. The third-order valence-electron chi connectivity index (χ3n) is 4.84. The Balaban J connectivity index is 1.96. The van der Waals surface area contributed by atoms with Crippen LogP contribution in [0, 0.1) is 0 Å². The van der Waals surface area contributed by atoms with E-state index in [9.17, 15) is 4.79 Å². The Kier molecular flexibility index (Phi) is 10.2. The first-order valence-corrected chi connectivity index (χ1v) is 10.7. The number of carbonyl (C=O) groups excluding carboxylic acids is 1. The van der Waals surface area contributed by atoms with Gasteiger partial charge in [-0.05, 0) is 62.7 Å². The van der Waals surface area contributed by atoms with E-state index < -0.39 is 0 Å². The van der Waals surface area contributed by atoms with Crippen LogP contribution < -0.4 is 9.47 Å². The van der Waals surface area contributed by atoms with Gasteiger partial charge in [-0.15, -0.1) is 0 Å². The van der Waals surface area contributed by atoms with Gasteiger partial charge in [0.1, 0.15) is 24.2 Å². The van der Waals surface area contributed by atoms with Crippen molar-refractivity contribution in [1.82, 2.24) is 4.90 Å². The summed E-state index contributed by atoms with van der Waals surface area (Å²) in [6.07, 6.45) is 3.78. The number of nitrogens with zero attached hydrogens (tertiary/aromatic N) is 1. The Labute approximate surface area is 180 Å². The van der Waals surface area contributed by atoms with Gasteiger partial charge in [-0.1, -0.05) is 43.7 Å². The smallest absolute Gasteiger partial charge is 0.306 e. The summed E-state index contributed by atoms with van der Waals surface area (Å²) in [7, 11) is 5.61. The zero-order chi connectivity index (χ0) is 21.8. The molecule has 0 aromatic heterocycles. The van der Waals surface area contributed by atoms with Crippen LogP contribution in [0.5, 0.6) is 11.5 Å². The Morgan fingerprint density at radius 2 is 1.77 bits per heavy atom. The molecule has 164 valence electrons. The quantitative estimate of drug-likeness (QED) is 0.452. The summed E-state index contributed by atoms with van der Waals surface area (Å²) < 4.78 is 17.0. The van der Waals surface area contributed by atoms with Crippen LogP contribution in [0.4, 0.5) is 0 Å². The molecule has 0 bridgehead atoms. The lowest BCUT2D eigenvalue weighted by atomic mass is 10.0. The molecule has 0 radical (unpaired) electrons. The van der Waals surface area contributed by atoms with Crippen LogP contribution in [0.1, 0.15) is 37.3 Å². The zero-order valence-corrected chi connectivity index (χ0v) is 18.7. The van der Waals surface area contributed by atoms with Crippen LogP contribution in [0.3, 0.4) is 0 Å². The van der Waals surface area contributed by atoms with Gasteiger partial charge in [0, 0.05) is 13.0 Å². The molecule has 2 aromatic rings. The second-order valence-electron chi connectivity index (χ2n) is 7.74. The lowest BCUT2D eigenvalue weighted by Gasteiger charge is -2.22. The number of likely N-dealkylation sites (N-methyl/N-ethyl adjacent to an activating group) is 1. The number of esters is 1. The molecule has 30 heavy (non-hydrogen) atoms. The largest absolute Gasteiger partial charge is 0.497 e. The number of rotatable bonds is 13. The molecule has 2 aromatic carbocycles. The van der Waals surface area contributed by atoms with Gasteiger partial charge < -0.3 is 19.1 Å². The van der Waals surface area contributed by atoms with Crippen LogP contribution in [-0.4, -0.2) is 51.3 Å². The van der Waals surface area contributed by atoms with Crippen LogP contribution in [0.25, 0.3) is 0 Å². The molecule has 5 heteroatoms. The van der Waals surface area contributed by atoms with E-state index in [-0.39, 0.29) is 12.1 Å². The summed E-state index contributed by atoms with van der Waals surface area (Å²) in [6.45, 7) is 3.04. The summed E-state index contributed by atoms with van der Waals surface area (Å²) in [5, 5.41) is 0. The molecule has 0 saturated heterocycles. The van der Waals surface area contributed by atoms with E-state index in [0.717, 1.165) is 42.7 Å². The molecule has 0 saturated carbocycles. The normalized spacial score (nSPS) is 11.9. The lowest BCUT2D eigenvalue weighted by molar-refractivity contribution is -0.151. The summed E-state index contributed by atoms with van der Waals surface area (Å²) in [5.41, 5.74) is 2.40.